The molecule has 14 heavy (non-hydrogen) atoms. The first kappa shape index (κ1) is 13.8. The van der Waals surface area contributed by atoms with Crippen LogP contribution in [0, 0.1) is 0 Å². The van der Waals surface area contributed by atoms with Gasteiger partial charge in [-0.25, -0.2) is 0 Å². The van der Waals surface area contributed by atoms with Crippen LogP contribution >= 0.6 is 0 Å². The molecule has 0 aromatic rings. The summed E-state index contributed by atoms with van der Waals surface area (Å²) < 4.78 is 0. The topological polar surface area (TPSA) is 98.7 Å². The normalized spacial score (nSPS) is 19.1. The third-order valence-corrected chi connectivity index (χ3v) is 2.46. The maximum atomic E-state index is 9.40. The predicted octanol–water partition coefficient (Wildman–Crippen LogP) is -1.23. The van der Waals surface area contributed by atoms with Gasteiger partial charge in [0.25, 0.3) is 0 Å². The van der Waals surface area contributed by atoms with E-state index in [4.69, 9.17) is 10.8 Å². The molecule has 0 spiro atoms. The summed E-state index contributed by atoms with van der Waals surface area (Å²) in [6.45, 7) is 4.99. The Hall–Kier alpha value is -0.200. The average molecular weight is 206 g/mol. The third-order valence-electron chi connectivity index (χ3n) is 2.46. The van der Waals surface area contributed by atoms with Gasteiger partial charge in [-0.1, -0.05) is 6.92 Å². The van der Waals surface area contributed by atoms with E-state index in [0.717, 1.165) is 0 Å². The largest absolute Gasteiger partial charge is 0.394 e. The fourth-order valence-electron chi connectivity index (χ4n) is 1.33. The van der Waals surface area contributed by atoms with E-state index in [0.29, 0.717) is 6.42 Å². The molecular formula is C9H22N2O3. The van der Waals surface area contributed by atoms with Crippen LogP contribution < -0.4 is 11.1 Å². The summed E-state index contributed by atoms with van der Waals surface area (Å²) in [7, 11) is 0. The van der Waals surface area contributed by atoms with Crippen LogP contribution in [0.2, 0.25) is 0 Å². The maximum Gasteiger partial charge on any atom is 0.123 e. The van der Waals surface area contributed by atoms with Gasteiger partial charge < -0.3 is 21.1 Å². The molecule has 6 N–H and O–H groups in total. The van der Waals surface area contributed by atoms with Crippen LogP contribution in [0.3, 0.4) is 0 Å². The van der Waals surface area contributed by atoms with Gasteiger partial charge in [-0.05, 0) is 20.3 Å². The molecule has 86 valence electrons. The van der Waals surface area contributed by atoms with Crippen molar-refractivity contribution in [2.45, 2.75) is 44.5 Å². The zero-order valence-corrected chi connectivity index (χ0v) is 9.12. The van der Waals surface area contributed by atoms with E-state index in [2.05, 4.69) is 5.32 Å². The zero-order valence-electron chi connectivity index (χ0n) is 9.12. The molecule has 0 aliphatic rings. The summed E-state index contributed by atoms with van der Waals surface area (Å²) in [5.74, 6) is 0. The van der Waals surface area contributed by atoms with Crippen LogP contribution in [0.1, 0.15) is 27.2 Å². The number of hydrogen-bond acceptors (Lipinski definition) is 5. The van der Waals surface area contributed by atoms with Crippen LogP contribution in [0.5, 0.6) is 0 Å². The minimum Gasteiger partial charge on any atom is -0.394 e. The summed E-state index contributed by atoms with van der Waals surface area (Å²) in [6, 6.07) is 0. The van der Waals surface area contributed by atoms with E-state index in [1.807, 2.05) is 6.92 Å². The minimum absolute atomic E-state index is 0.0958. The maximum absolute atomic E-state index is 9.40. The number of nitrogens with one attached hydrogen (secondary N) is 1. The van der Waals surface area contributed by atoms with Gasteiger partial charge in [0.15, 0.2) is 0 Å². The Balaban J connectivity index is 4.67. The highest BCUT2D eigenvalue weighted by molar-refractivity contribution is 4.96. The Bertz CT molecular complexity index is 167. The van der Waals surface area contributed by atoms with Crippen molar-refractivity contribution in [2.75, 3.05) is 13.2 Å². The Morgan fingerprint density at radius 3 is 2.00 bits per heavy atom. The second-order valence-electron chi connectivity index (χ2n) is 4.28. The molecule has 2 atom stereocenters. The highest BCUT2D eigenvalue weighted by Gasteiger charge is 2.37. The number of aliphatic hydroxyl groups is 3. The number of aliphatic hydroxyl groups excluding tert-OH is 3. The lowest BCUT2D eigenvalue weighted by atomic mass is 9.91. The van der Waals surface area contributed by atoms with Gasteiger partial charge in [-0.2, -0.15) is 0 Å². The van der Waals surface area contributed by atoms with Crippen LogP contribution in [0.4, 0.5) is 0 Å². The molecular weight excluding hydrogens is 184 g/mol. The van der Waals surface area contributed by atoms with Crippen molar-refractivity contribution < 1.29 is 15.3 Å². The number of hydrogen-bond donors (Lipinski definition) is 5. The predicted molar refractivity (Wildman–Crippen MR) is 54.6 cm³/mol. The first-order valence-corrected chi connectivity index (χ1v) is 4.78. The summed E-state index contributed by atoms with van der Waals surface area (Å²) in [5.41, 5.74) is 3.87. The summed E-state index contributed by atoms with van der Waals surface area (Å²) in [4.78, 5) is 0. The van der Waals surface area contributed by atoms with Crippen molar-refractivity contribution in [3.63, 3.8) is 0 Å². The standard InChI is InChI=1S/C9H22N2O3/c1-4-9(6-13,7(10)14)11-8(2,3)5-12/h7,11-14H,4-6,10H2,1-3H3. The van der Waals surface area contributed by atoms with E-state index >= 15 is 0 Å². The van der Waals surface area contributed by atoms with Gasteiger partial charge in [0.1, 0.15) is 6.23 Å². The third kappa shape index (κ3) is 3.18. The van der Waals surface area contributed by atoms with Crippen LogP contribution in [0.25, 0.3) is 0 Å². The van der Waals surface area contributed by atoms with E-state index in [1.165, 1.54) is 0 Å². The van der Waals surface area contributed by atoms with Crippen molar-refractivity contribution >= 4 is 0 Å². The molecule has 0 radical (unpaired) electrons. The first-order chi connectivity index (χ1) is 6.33. The quantitative estimate of drug-likeness (QED) is 0.350. The van der Waals surface area contributed by atoms with Gasteiger partial charge in [-0.15, -0.1) is 0 Å². The van der Waals surface area contributed by atoms with Crippen molar-refractivity contribution in [1.29, 1.82) is 0 Å². The molecule has 0 fully saturated rings. The summed E-state index contributed by atoms with van der Waals surface area (Å²) in [6.07, 6.45) is -0.687. The lowest BCUT2D eigenvalue weighted by Crippen LogP contribution is -2.66. The van der Waals surface area contributed by atoms with Crippen LogP contribution in [0.15, 0.2) is 0 Å². The minimum atomic E-state index is -1.16. The Morgan fingerprint density at radius 2 is 1.79 bits per heavy atom. The highest BCUT2D eigenvalue weighted by atomic mass is 16.3. The Kier molecular flexibility index (Phi) is 4.97. The molecule has 0 aromatic carbocycles. The lowest BCUT2D eigenvalue weighted by Gasteiger charge is -2.41. The molecule has 0 aliphatic carbocycles. The smallest absolute Gasteiger partial charge is 0.123 e. The van der Waals surface area contributed by atoms with Crippen molar-refractivity contribution in [2.24, 2.45) is 5.73 Å². The molecule has 0 aliphatic heterocycles. The zero-order chi connectivity index (χ0) is 11.4. The van der Waals surface area contributed by atoms with Crippen molar-refractivity contribution in [3.8, 4) is 0 Å². The van der Waals surface area contributed by atoms with E-state index < -0.39 is 17.3 Å². The first-order valence-electron chi connectivity index (χ1n) is 4.78. The molecule has 0 heterocycles. The fourth-order valence-corrected chi connectivity index (χ4v) is 1.33. The summed E-state index contributed by atoms with van der Waals surface area (Å²) in [5, 5.41) is 30.7. The number of nitrogens with two attached hydrogens (primary N) is 1. The number of rotatable bonds is 6. The highest BCUT2D eigenvalue weighted by Crippen LogP contribution is 2.17. The van der Waals surface area contributed by atoms with Gasteiger partial charge >= 0.3 is 0 Å². The lowest BCUT2D eigenvalue weighted by molar-refractivity contribution is -0.00617. The molecule has 0 saturated carbocycles. The Morgan fingerprint density at radius 1 is 1.29 bits per heavy atom. The molecule has 0 rings (SSSR count). The van der Waals surface area contributed by atoms with Gasteiger partial charge in [-0.3, -0.25) is 5.32 Å². The molecule has 5 nitrogen and oxygen atoms in total. The van der Waals surface area contributed by atoms with Crippen LogP contribution in [-0.4, -0.2) is 45.8 Å². The summed E-state index contributed by atoms with van der Waals surface area (Å²) >= 11 is 0. The van der Waals surface area contributed by atoms with Crippen molar-refractivity contribution in [3.05, 3.63) is 0 Å². The van der Waals surface area contributed by atoms with Gasteiger partial charge in [0.05, 0.1) is 18.8 Å². The fraction of sp³-hybridized carbons (Fsp3) is 1.00. The Labute approximate surface area is 84.9 Å². The molecule has 0 aromatic heterocycles. The van der Waals surface area contributed by atoms with Crippen molar-refractivity contribution in [1.82, 2.24) is 5.32 Å². The second kappa shape index (κ2) is 5.04. The van der Waals surface area contributed by atoms with Gasteiger partial charge in [0.2, 0.25) is 0 Å². The molecule has 0 amide bonds. The molecule has 0 saturated heterocycles. The second-order valence-corrected chi connectivity index (χ2v) is 4.28. The average Bonchev–Trinajstić information content (AvgIpc) is 2.14. The van der Waals surface area contributed by atoms with Crippen LogP contribution in [-0.2, 0) is 0 Å². The monoisotopic (exact) mass is 206 g/mol. The van der Waals surface area contributed by atoms with Gasteiger partial charge in [0, 0.05) is 5.54 Å². The van der Waals surface area contributed by atoms with E-state index in [1.54, 1.807) is 13.8 Å². The molecule has 5 heteroatoms. The van der Waals surface area contributed by atoms with E-state index in [-0.39, 0.29) is 13.2 Å². The SMILES string of the molecule is CCC(CO)(NC(C)(C)CO)C(N)O. The molecule has 0 bridgehead atoms. The molecule has 2 unspecified atom stereocenters. The van der Waals surface area contributed by atoms with E-state index in [9.17, 15) is 10.2 Å².